The Kier molecular flexibility index (Phi) is 2.19. The fourth-order valence-corrected chi connectivity index (χ4v) is 1.62. The van der Waals surface area contributed by atoms with Crippen molar-refractivity contribution in [3.8, 4) is 0 Å². The summed E-state index contributed by atoms with van der Waals surface area (Å²) in [4.78, 5) is 11.6. The molecule has 0 aromatic rings. The maximum atomic E-state index is 11.6. The number of carbonyl (C=O) groups excluding carboxylic acids is 1. The molecule has 70 valence electrons. The van der Waals surface area contributed by atoms with Crippen molar-refractivity contribution in [2.75, 3.05) is 0 Å². The van der Waals surface area contributed by atoms with E-state index in [2.05, 4.69) is 19.2 Å². The highest BCUT2D eigenvalue weighted by molar-refractivity contribution is 5.82. The minimum atomic E-state index is -0.173. The summed E-state index contributed by atoms with van der Waals surface area (Å²) in [5.41, 5.74) is -0.182. The monoisotopic (exact) mass is 169 g/mol. The Hall–Kier alpha value is -0.530. The highest BCUT2D eigenvalue weighted by Crippen LogP contribution is 2.30. The second-order valence-corrected chi connectivity index (χ2v) is 5.08. The first-order chi connectivity index (χ1) is 5.33. The molecule has 0 unspecified atom stereocenters. The molecular weight excluding hydrogens is 150 g/mol. The number of nitrogens with one attached hydrogen (secondary N) is 1. The van der Waals surface area contributed by atoms with E-state index in [-0.39, 0.29) is 16.9 Å². The minimum absolute atomic E-state index is 0.00907. The highest BCUT2D eigenvalue weighted by Gasteiger charge is 2.34. The molecule has 1 saturated heterocycles. The van der Waals surface area contributed by atoms with Gasteiger partial charge in [0.15, 0.2) is 0 Å². The normalized spacial score (nSPS) is 27.5. The predicted molar refractivity (Wildman–Crippen MR) is 49.9 cm³/mol. The van der Waals surface area contributed by atoms with Crippen LogP contribution in [0.4, 0.5) is 0 Å². The molecule has 0 aromatic heterocycles. The Morgan fingerprint density at radius 3 is 2.33 bits per heavy atom. The molecule has 0 saturated carbocycles. The SMILES string of the molecule is CC1(C)CCCC(C)(C)C(=O)N1. The standard InChI is InChI=1S/C10H19NO/c1-9(2)6-5-7-10(3,4)11-8(9)12/h5-7H2,1-4H3,(H,11,12). The average Bonchev–Trinajstić information content (AvgIpc) is 1.90. The van der Waals surface area contributed by atoms with E-state index in [1.165, 1.54) is 0 Å². The van der Waals surface area contributed by atoms with Crippen LogP contribution in [0.2, 0.25) is 0 Å². The van der Waals surface area contributed by atoms with Crippen LogP contribution >= 0.6 is 0 Å². The molecule has 12 heavy (non-hydrogen) atoms. The fourth-order valence-electron chi connectivity index (χ4n) is 1.62. The van der Waals surface area contributed by atoms with Crippen molar-refractivity contribution in [1.29, 1.82) is 0 Å². The van der Waals surface area contributed by atoms with Crippen LogP contribution in [0.25, 0.3) is 0 Å². The van der Waals surface area contributed by atoms with Crippen molar-refractivity contribution in [1.82, 2.24) is 5.32 Å². The molecular formula is C10H19NO. The van der Waals surface area contributed by atoms with Crippen molar-refractivity contribution < 1.29 is 4.79 Å². The summed E-state index contributed by atoms with van der Waals surface area (Å²) < 4.78 is 0. The van der Waals surface area contributed by atoms with Gasteiger partial charge in [0, 0.05) is 11.0 Å². The van der Waals surface area contributed by atoms with Gasteiger partial charge in [-0.15, -0.1) is 0 Å². The first-order valence-corrected chi connectivity index (χ1v) is 4.66. The molecule has 0 spiro atoms. The van der Waals surface area contributed by atoms with E-state index in [1.54, 1.807) is 0 Å². The molecule has 0 bridgehead atoms. The van der Waals surface area contributed by atoms with Crippen molar-refractivity contribution in [3.05, 3.63) is 0 Å². The van der Waals surface area contributed by atoms with Crippen molar-refractivity contribution in [2.45, 2.75) is 52.5 Å². The summed E-state index contributed by atoms with van der Waals surface area (Å²) in [5.74, 6) is 0.199. The second kappa shape index (κ2) is 2.75. The Bertz CT molecular complexity index is 194. The Morgan fingerprint density at radius 2 is 1.75 bits per heavy atom. The first kappa shape index (κ1) is 9.56. The number of rotatable bonds is 0. The second-order valence-electron chi connectivity index (χ2n) is 5.08. The van der Waals surface area contributed by atoms with E-state index < -0.39 is 0 Å². The molecule has 0 radical (unpaired) electrons. The highest BCUT2D eigenvalue weighted by atomic mass is 16.2. The van der Waals surface area contributed by atoms with Crippen LogP contribution in [0.15, 0.2) is 0 Å². The lowest BCUT2D eigenvalue weighted by Crippen LogP contribution is -2.46. The van der Waals surface area contributed by atoms with Crippen LogP contribution in [0.1, 0.15) is 47.0 Å². The van der Waals surface area contributed by atoms with Crippen molar-refractivity contribution >= 4 is 5.91 Å². The number of hydrogen-bond acceptors (Lipinski definition) is 1. The Morgan fingerprint density at radius 1 is 1.17 bits per heavy atom. The van der Waals surface area contributed by atoms with E-state index in [4.69, 9.17) is 0 Å². The van der Waals surface area contributed by atoms with E-state index in [1.807, 2.05) is 13.8 Å². The van der Waals surface area contributed by atoms with Crippen LogP contribution in [0.5, 0.6) is 0 Å². The lowest BCUT2D eigenvalue weighted by atomic mass is 9.87. The molecule has 1 rings (SSSR count). The van der Waals surface area contributed by atoms with Gasteiger partial charge in [0.2, 0.25) is 5.91 Å². The van der Waals surface area contributed by atoms with Crippen LogP contribution in [0, 0.1) is 5.41 Å². The van der Waals surface area contributed by atoms with Gasteiger partial charge in [0.25, 0.3) is 0 Å². The lowest BCUT2D eigenvalue weighted by Gasteiger charge is -2.26. The van der Waals surface area contributed by atoms with Gasteiger partial charge in [-0.05, 0) is 26.7 Å². The molecule has 0 aliphatic carbocycles. The van der Waals surface area contributed by atoms with Crippen LogP contribution in [-0.4, -0.2) is 11.4 Å². The van der Waals surface area contributed by atoms with Crippen LogP contribution in [0.3, 0.4) is 0 Å². The fraction of sp³-hybridized carbons (Fsp3) is 0.900. The molecule has 1 fully saturated rings. The van der Waals surface area contributed by atoms with E-state index >= 15 is 0 Å². The molecule has 0 aromatic carbocycles. The first-order valence-electron chi connectivity index (χ1n) is 4.66. The lowest BCUT2D eigenvalue weighted by molar-refractivity contribution is -0.130. The molecule has 1 N–H and O–H groups in total. The number of hydrogen-bond donors (Lipinski definition) is 1. The maximum absolute atomic E-state index is 11.6. The summed E-state index contributed by atoms with van der Waals surface area (Å²) >= 11 is 0. The molecule has 1 aliphatic rings. The number of amides is 1. The molecule has 2 heteroatoms. The quantitative estimate of drug-likeness (QED) is 0.591. The molecule has 1 heterocycles. The van der Waals surface area contributed by atoms with Crippen LogP contribution in [-0.2, 0) is 4.79 Å². The maximum Gasteiger partial charge on any atom is 0.226 e. The zero-order chi connectivity index (χ0) is 9.41. The third kappa shape index (κ3) is 1.99. The van der Waals surface area contributed by atoms with E-state index in [9.17, 15) is 4.79 Å². The van der Waals surface area contributed by atoms with Gasteiger partial charge in [-0.1, -0.05) is 20.3 Å². The summed E-state index contributed by atoms with van der Waals surface area (Å²) in [6, 6.07) is 0. The summed E-state index contributed by atoms with van der Waals surface area (Å²) in [6.45, 7) is 8.21. The zero-order valence-electron chi connectivity index (χ0n) is 8.53. The molecule has 1 aliphatic heterocycles. The van der Waals surface area contributed by atoms with Gasteiger partial charge in [0.1, 0.15) is 0 Å². The third-order valence-electron chi connectivity index (χ3n) is 2.67. The number of carbonyl (C=O) groups is 1. The largest absolute Gasteiger partial charge is 0.351 e. The smallest absolute Gasteiger partial charge is 0.226 e. The minimum Gasteiger partial charge on any atom is -0.351 e. The van der Waals surface area contributed by atoms with Crippen molar-refractivity contribution in [3.63, 3.8) is 0 Å². The van der Waals surface area contributed by atoms with Crippen LogP contribution < -0.4 is 5.32 Å². The molecule has 0 atom stereocenters. The van der Waals surface area contributed by atoms with Crippen molar-refractivity contribution in [2.24, 2.45) is 5.41 Å². The average molecular weight is 169 g/mol. The Labute approximate surface area is 74.7 Å². The topological polar surface area (TPSA) is 29.1 Å². The Balaban J connectivity index is 2.77. The predicted octanol–water partition coefficient (Wildman–Crippen LogP) is 2.09. The zero-order valence-corrected chi connectivity index (χ0v) is 8.53. The van der Waals surface area contributed by atoms with Gasteiger partial charge in [-0.25, -0.2) is 0 Å². The van der Waals surface area contributed by atoms with Gasteiger partial charge in [-0.3, -0.25) is 4.79 Å². The molecule has 1 amide bonds. The summed E-state index contributed by atoms with van der Waals surface area (Å²) in [5, 5.41) is 3.07. The van der Waals surface area contributed by atoms with Gasteiger partial charge in [0.05, 0.1) is 0 Å². The summed E-state index contributed by atoms with van der Waals surface area (Å²) in [6.07, 6.45) is 3.23. The molecule has 2 nitrogen and oxygen atoms in total. The third-order valence-corrected chi connectivity index (χ3v) is 2.67. The van der Waals surface area contributed by atoms with E-state index in [0.717, 1.165) is 19.3 Å². The van der Waals surface area contributed by atoms with Gasteiger partial charge >= 0.3 is 0 Å². The van der Waals surface area contributed by atoms with Gasteiger partial charge < -0.3 is 5.32 Å². The summed E-state index contributed by atoms with van der Waals surface area (Å²) in [7, 11) is 0. The van der Waals surface area contributed by atoms with E-state index in [0.29, 0.717) is 0 Å². The van der Waals surface area contributed by atoms with Gasteiger partial charge in [-0.2, -0.15) is 0 Å².